The summed E-state index contributed by atoms with van der Waals surface area (Å²) in [6.45, 7) is 7.38. The number of rotatable bonds is 6. The second-order valence-electron chi connectivity index (χ2n) is 10.8. The summed E-state index contributed by atoms with van der Waals surface area (Å²) in [7, 11) is 0. The Labute approximate surface area is 223 Å². The van der Waals surface area contributed by atoms with E-state index in [1.54, 1.807) is 62.4 Å². The number of hydrogen-bond acceptors (Lipinski definition) is 4. The van der Waals surface area contributed by atoms with E-state index in [4.69, 9.17) is 0 Å². The van der Waals surface area contributed by atoms with Gasteiger partial charge in [-0.05, 0) is 36.1 Å². The molecule has 0 radical (unpaired) electrons. The number of benzene rings is 4. The molecule has 0 aromatic heterocycles. The predicted octanol–water partition coefficient (Wildman–Crippen LogP) is 3.91. The average molecular weight is 503 g/mol. The van der Waals surface area contributed by atoms with Gasteiger partial charge in [0.25, 0.3) is 0 Å². The first kappa shape index (κ1) is 25.5. The zero-order valence-corrected chi connectivity index (χ0v) is 22.0. The van der Waals surface area contributed by atoms with Crippen LogP contribution in [0.4, 0.5) is 0 Å². The van der Waals surface area contributed by atoms with Crippen LogP contribution in [0, 0.1) is 13.8 Å². The van der Waals surface area contributed by atoms with E-state index in [1.807, 2.05) is 74.5 Å². The van der Waals surface area contributed by atoms with E-state index in [1.165, 1.54) is 0 Å². The van der Waals surface area contributed by atoms with Gasteiger partial charge in [-0.2, -0.15) is 0 Å². The fourth-order valence-electron chi connectivity index (χ4n) is 7.72. The van der Waals surface area contributed by atoms with Gasteiger partial charge in [0.05, 0.1) is 22.8 Å². The molecule has 0 amide bonds. The zero-order valence-electron chi connectivity index (χ0n) is 22.0. The number of hydrogen-bond donors (Lipinski definition) is 0. The van der Waals surface area contributed by atoms with Gasteiger partial charge >= 0.3 is 0 Å². The van der Waals surface area contributed by atoms with Crippen LogP contribution in [0.1, 0.15) is 47.2 Å². The maximum absolute atomic E-state index is 13.8. The molecule has 1 aliphatic carbocycles. The fraction of sp³-hybridized carbons (Fsp3) is 0.235. The number of aliphatic carboxylic acids is 2. The summed E-state index contributed by atoms with van der Waals surface area (Å²) < 4.78 is 0. The predicted molar refractivity (Wildman–Crippen MR) is 143 cm³/mol. The van der Waals surface area contributed by atoms with Gasteiger partial charge in [0, 0.05) is 10.8 Å². The van der Waals surface area contributed by atoms with E-state index in [-0.39, 0.29) is 0 Å². The van der Waals surface area contributed by atoms with E-state index in [2.05, 4.69) is 0 Å². The zero-order chi connectivity index (χ0) is 27.3. The quantitative estimate of drug-likeness (QED) is 0.401. The molecule has 1 aliphatic rings. The lowest BCUT2D eigenvalue weighted by Crippen LogP contribution is -2.92. The third-order valence-corrected chi connectivity index (χ3v) is 9.28. The maximum Gasteiger partial charge on any atom is 0.0561 e. The number of carboxylic acids is 2. The van der Waals surface area contributed by atoms with Gasteiger partial charge in [-0.3, -0.25) is 0 Å². The van der Waals surface area contributed by atoms with Crippen molar-refractivity contribution in [3.63, 3.8) is 0 Å². The summed E-state index contributed by atoms with van der Waals surface area (Å²) in [5.74, 6) is -2.66. The summed E-state index contributed by atoms with van der Waals surface area (Å²) in [4.78, 5) is 27.7. The Hall–Kier alpha value is -4.18. The molecule has 0 heterocycles. The topological polar surface area (TPSA) is 80.3 Å². The molecular weight excluding hydrogens is 472 g/mol. The SMILES string of the molecule is Cc1ccc(C2(C)C(C(=O)[O-])(c3ccccc3)C(C)(c3ccc(C)cc3)C2(C(=O)[O-])c2ccccc2)cc1. The lowest BCUT2D eigenvalue weighted by molar-refractivity contribution is -0.351. The Kier molecular flexibility index (Phi) is 5.83. The molecule has 0 aliphatic heterocycles. The van der Waals surface area contributed by atoms with E-state index in [0.717, 1.165) is 11.1 Å². The highest BCUT2D eigenvalue weighted by molar-refractivity contribution is 6.01. The first-order valence-electron chi connectivity index (χ1n) is 12.8. The second-order valence-corrected chi connectivity index (χ2v) is 10.8. The lowest BCUT2D eigenvalue weighted by Gasteiger charge is -2.81. The van der Waals surface area contributed by atoms with Crippen LogP contribution in [0.5, 0.6) is 0 Å². The van der Waals surface area contributed by atoms with Crippen molar-refractivity contribution >= 4 is 11.9 Å². The van der Waals surface area contributed by atoms with Crippen LogP contribution in [-0.2, 0) is 31.2 Å². The van der Waals surface area contributed by atoms with Crippen molar-refractivity contribution in [2.24, 2.45) is 0 Å². The van der Waals surface area contributed by atoms with Crippen molar-refractivity contribution in [1.82, 2.24) is 0 Å². The van der Waals surface area contributed by atoms with Gasteiger partial charge in [0.15, 0.2) is 0 Å². The summed E-state index contributed by atoms with van der Waals surface area (Å²) in [5.41, 5.74) is -2.45. The third-order valence-electron chi connectivity index (χ3n) is 9.28. The molecule has 0 bridgehead atoms. The van der Waals surface area contributed by atoms with Crippen LogP contribution in [0.15, 0.2) is 109 Å². The molecule has 0 spiro atoms. The van der Waals surface area contributed by atoms with Crippen LogP contribution >= 0.6 is 0 Å². The molecule has 4 nitrogen and oxygen atoms in total. The van der Waals surface area contributed by atoms with E-state index >= 15 is 0 Å². The normalized spacial score (nSPS) is 28.3. The average Bonchev–Trinajstić information content (AvgIpc) is 2.90. The van der Waals surface area contributed by atoms with Crippen molar-refractivity contribution in [2.75, 3.05) is 0 Å². The molecule has 0 unspecified atom stereocenters. The van der Waals surface area contributed by atoms with Crippen LogP contribution in [0.25, 0.3) is 0 Å². The van der Waals surface area contributed by atoms with Gasteiger partial charge < -0.3 is 19.8 Å². The first-order valence-corrected chi connectivity index (χ1v) is 12.8. The molecule has 192 valence electrons. The number of carbonyl (C=O) groups excluding carboxylic acids is 2. The van der Waals surface area contributed by atoms with Gasteiger partial charge in [-0.15, -0.1) is 0 Å². The minimum Gasteiger partial charge on any atom is -0.549 e. The minimum atomic E-state index is -1.78. The Morgan fingerprint density at radius 2 is 0.763 bits per heavy atom. The lowest BCUT2D eigenvalue weighted by atomic mass is 9.20. The number of carboxylic acid groups (broad SMARTS) is 2. The molecule has 0 N–H and O–H groups in total. The van der Waals surface area contributed by atoms with E-state index in [0.29, 0.717) is 22.3 Å². The smallest absolute Gasteiger partial charge is 0.0561 e. The fourth-order valence-corrected chi connectivity index (χ4v) is 7.72. The second kappa shape index (κ2) is 8.70. The largest absolute Gasteiger partial charge is 0.549 e. The number of carbonyl (C=O) groups is 2. The van der Waals surface area contributed by atoms with Crippen LogP contribution in [0.2, 0.25) is 0 Å². The minimum absolute atomic E-state index is 0.485. The van der Waals surface area contributed by atoms with Gasteiger partial charge in [-0.1, -0.05) is 134 Å². The number of aryl methyl sites for hydroxylation is 2. The molecule has 4 aromatic rings. The van der Waals surface area contributed by atoms with Gasteiger partial charge in [-0.25, -0.2) is 0 Å². The molecule has 5 rings (SSSR count). The summed E-state index contributed by atoms with van der Waals surface area (Å²) in [6, 6.07) is 32.7. The highest BCUT2D eigenvalue weighted by Crippen LogP contribution is 2.78. The maximum atomic E-state index is 13.8. The highest BCUT2D eigenvalue weighted by atomic mass is 16.4. The Morgan fingerprint density at radius 3 is 1.03 bits per heavy atom. The Bertz CT molecular complexity index is 1360. The standard InChI is InChI=1S/C34H32O4/c1-23-15-19-25(20-16-23)31(3)33(29(35)36,27-11-7-5-8-12-27)32(4,26-21-17-24(2)18-22-26)34(31,30(37)38)28-13-9-6-10-14-28/h5-22H,1-4H3,(H,35,36)(H,37,38)/p-2. The Balaban J connectivity index is 2.05. The van der Waals surface area contributed by atoms with Crippen molar-refractivity contribution in [3.8, 4) is 0 Å². The van der Waals surface area contributed by atoms with Crippen molar-refractivity contribution < 1.29 is 19.8 Å². The third kappa shape index (κ3) is 2.80. The van der Waals surface area contributed by atoms with E-state index < -0.39 is 33.6 Å². The highest BCUT2D eigenvalue weighted by Gasteiger charge is 2.86. The first-order chi connectivity index (χ1) is 18.1. The summed E-state index contributed by atoms with van der Waals surface area (Å²) in [6.07, 6.45) is 0. The molecule has 1 fully saturated rings. The summed E-state index contributed by atoms with van der Waals surface area (Å²) in [5, 5.41) is 27.7. The van der Waals surface area contributed by atoms with Gasteiger partial charge in [0.2, 0.25) is 0 Å². The molecule has 4 aromatic carbocycles. The molecule has 0 atom stereocenters. The van der Waals surface area contributed by atoms with Crippen LogP contribution < -0.4 is 10.2 Å². The molecule has 1 saturated carbocycles. The van der Waals surface area contributed by atoms with Crippen LogP contribution in [0.3, 0.4) is 0 Å². The molecule has 0 saturated heterocycles. The van der Waals surface area contributed by atoms with Crippen molar-refractivity contribution in [3.05, 3.63) is 143 Å². The van der Waals surface area contributed by atoms with Gasteiger partial charge in [0.1, 0.15) is 0 Å². The van der Waals surface area contributed by atoms with Crippen molar-refractivity contribution in [2.45, 2.75) is 49.4 Å². The molecular formula is C34H30O4-2. The molecule has 4 heteroatoms. The Morgan fingerprint density at radius 1 is 0.474 bits per heavy atom. The van der Waals surface area contributed by atoms with Crippen LogP contribution in [-0.4, -0.2) is 11.9 Å². The van der Waals surface area contributed by atoms with Crippen molar-refractivity contribution in [1.29, 1.82) is 0 Å². The summed E-state index contributed by atoms with van der Waals surface area (Å²) >= 11 is 0. The monoisotopic (exact) mass is 502 g/mol. The molecule has 38 heavy (non-hydrogen) atoms. The van der Waals surface area contributed by atoms with E-state index in [9.17, 15) is 19.8 Å².